The largest absolute Gasteiger partial charge is 0.465 e. The lowest BCUT2D eigenvalue weighted by Crippen LogP contribution is -2.18. The number of unbranched alkanes of at least 4 members (excludes halogenated alkanes) is 19. The highest BCUT2D eigenvalue weighted by atomic mass is 16.5. The second kappa shape index (κ2) is 26.7. The van der Waals surface area contributed by atoms with E-state index in [1.54, 1.807) is 0 Å². The Morgan fingerprint density at radius 2 is 0.781 bits per heavy atom. The third-order valence-electron chi connectivity index (χ3n) is 6.89. The number of hydrogen-bond acceptors (Lipinski definition) is 2. The van der Waals surface area contributed by atoms with E-state index in [1.165, 1.54) is 135 Å². The van der Waals surface area contributed by atoms with Crippen LogP contribution in [0.5, 0.6) is 0 Å². The Kier molecular flexibility index (Phi) is 26.3. The fourth-order valence-electron chi connectivity index (χ4n) is 4.60. The van der Waals surface area contributed by atoms with Crippen molar-refractivity contribution >= 4 is 5.97 Å². The van der Waals surface area contributed by atoms with Crippen LogP contribution in [-0.2, 0) is 9.53 Å². The Morgan fingerprint density at radius 1 is 0.469 bits per heavy atom. The van der Waals surface area contributed by atoms with Gasteiger partial charge in [0, 0.05) is 0 Å². The zero-order valence-electron chi connectivity index (χ0n) is 22.6. The molecular formula is C30H60O2. The number of esters is 1. The zero-order valence-corrected chi connectivity index (χ0v) is 22.6. The minimum Gasteiger partial charge on any atom is -0.465 e. The van der Waals surface area contributed by atoms with E-state index in [0.29, 0.717) is 6.61 Å². The normalized spacial score (nSPS) is 12.2. The Bertz CT molecular complexity index is 366. The molecule has 0 saturated heterocycles. The van der Waals surface area contributed by atoms with Crippen LogP contribution in [0.4, 0.5) is 0 Å². The topological polar surface area (TPSA) is 26.3 Å². The Hall–Kier alpha value is -0.530. The highest BCUT2D eigenvalue weighted by Crippen LogP contribution is 2.21. The summed E-state index contributed by atoms with van der Waals surface area (Å²) in [6, 6.07) is 0. The summed E-state index contributed by atoms with van der Waals surface area (Å²) in [7, 11) is 0. The summed E-state index contributed by atoms with van der Waals surface area (Å²) in [5, 5.41) is 0. The fourth-order valence-corrected chi connectivity index (χ4v) is 4.60. The monoisotopic (exact) mass is 452 g/mol. The summed E-state index contributed by atoms with van der Waals surface area (Å²) in [6.45, 7) is 7.43. The molecule has 0 aliphatic rings. The second-order valence-corrected chi connectivity index (χ2v) is 10.2. The van der Waals surface area contributed by atoms with Gasteiger partial charge in [0.15, 0.2) is 0 Å². The number of ether oxygens (including phenoxy) is 1. The van der Waals surface area contributed by atoms with Crippen LogP contribution in [0.15, 0.2) is 0 Å². The van der Waals surface area contributed by atoms with Gasteiger partial charge in [0.1, 0.15) is 0 Å². The second-order valence-electron chi connectivity index (χ2n) is 10.2. The number of carbonyl (C=O) groups is 1. The van der Waals surface area contributed by atoms with Crippen LogP contribution in [0.3, 0.4) is 0 Å². The van der Waals surface area contributed by atoms with E-state index in [1.807, 2.05) is 0 Å². The van der Waals surface area contributed by atoms with E-state index < -0.39 is 0 Å². The van der Waals surface area contributed by atoms with Crippen LogP contribution in [-0.4, -0.2) is 12.6 Å². The van der Waals surface area contributed by atoms with Crippen molar-refractivity contribution in [1.82, 2.24) is 0 Å². The van der Waals surface area contributed by atoms with Gasteiger partial charge in [-0.05, 0) is 19.3 Å². The summed E-state index contributed by atoms with van der Waals surface area (Å²) >= 11 is 0. The third kappa shape index (κ3) is 22.7. The van der Waals surface area contributed by atoms with Gasteiger partial charge in [-0.15, -0.1) is 0 Å². The Morgan fingerprint density at radius 3 is 1.19 bits per heavy atom. The van der Waals surface area contributed by atoms with Gasteiger partial charge in [-0.1, -0.05) is 156 Å². The van der Waals surface area contributed by atoms with Gasteiger partial charge in [-0.3, -0.25) is 4.79 Å². The lowest BCUT2D eigenvalue weighted by Gasteiger charge is -2.16. The van der Waals surface area contributed by atoms with E-state index in [9.17, 15) is 4.79 Å². The van der Waals surface area contributed by atoms with Crippen molar-refractivity contribution in [2.24, 2.45) is 5.92 Å². The standard InChI is InChI=1S/C30H60O2/c1-4-7-10-13-15-16-17-18-19-20-22-25-28-32-30(31)29(26-23-12-9-6-3)27-24-21-14-11-8-5-2/h29H,4-28H2,1-3H3. The molecule has 0 aliphatic carbocycles. The highest BCUT2D eigenvalue weighted by molar-refractivity contribution is 5.72. The first-order valence-corrected chi connectivity index (χ1v) is 14.9. The minimum absolute atomic E-state index is 0.0955. The average Bonchev–Trinajstić information content (AvgIpc) is 2.80. The van der Waals surface area contributed by atoms with Gasteiger partial charge < -0.3 is 4.74 Å². The van der Waals surface area contributed by atoms with Crippen LogP contribution in [0.2, 0.25) is 0 Å². The smallest absolute Gasteiger partial charge is 0.308 e. The third-order valence-corrected chi connectivity index (χ3v) is 6.89. The molecule has 0 aromatic carbocycles. The summed E-state index contributed by atoms with van der Waals surface area (Å²) in [4.78, 5) is 12.7. The predicted molar refractivity (Wildman–Crippen MR) is 142 cm³/mol. The molecule has 2 nitrogen and oxygen atoms in total. The van der Waals surface area contributed by atoms with Crippen molar-refractivity contribution in [3.05, 3.63) is 0 Å². The number of rotatable bonds is 26. The van der Waals surface area contributed by atoms with Gasteiger partial charge in [-0.25, -0.2) is 0 Å². The SMILES string of the molecule is CCCCCCCCCCCCCCOC(=O)C(CCCCCC)CCCCCCCC. The van der Waals surface area contributed by atoms with Crippen molar-refractivity contribution in [3.63, 3.8) is 0 Å². The summed E-state index contributed by atoms with van der Waals surface area (Å²) in [6.07, 6.45) is 31.0. The molecule has 0 aliphatic heterocycles. The maximum atomic E-state index is 12.7. The van der Waals surface area contributed by atoms with Crippen LogP contribution in [0, 0.1) is 5.92 Å². The Labute approximate surface area is 203 Å². The van der Waals surface area contributed by atoms with Gasteiger partial charge in [0.2, 0.25) is 0 Å². The van der Waals surface area contributed by atoms with Crippen LogP contribution >= 0.6 is 0 Å². The van der Waals surface area contributed by atoms with E-state index in [0.717, 1.165) is 19.3 Å². The maximum Gasteiger partial charge on any atom is 0.308 e. The van der Waals surface area contributed by atoms with Crippen molar-refractivity contribution in [2.45, 2.75) is 175 Å². The zero-order chi connectivity index (χ0) is 23.5. The summed E-state index contributed by atoms with van der Waals surface area (Å²) < 4.78 is 5.71. The summed E-state index contributed by atoms with van der Waals surface area (Å²) in [5.74, 6) is 0.244. The molecule has 0 aromatic heterocycles. The van der Waals surface area contributed by atoms with Gasteiger partial charge in [0.05, 0.1) is 12.5 Å². The molecule has 0 rings (SSSR count). The number of carbonyl (C=O) groups excluding carboxylic acids is 1. The average molecular weight is 453 g/mol. The molecule has 0 saturated carbocycles. The molecule has 0 N–H and O–H groups in total. The fraction of sp³-hybridized carbons (Fsp3) is 0.967. The predicted octanol–water partition coefficient (Wildman–Crippen LogP) is 10.6. The van der Waals surface area contributed by atoms with E-state index in [4.69, 9.17) is 4.74 Å². The highest BCUT2D eigenvalue weighted by Gasteiger charge is 2.19. The Balaban J connectivity index is 3.77. The molecule has 0 radical (unpaired) electrons. The van der Waals surface area contributed by atoms with E-state index >= 15 is 0 Å². The first-order valence-electron chi connectivity index (χ1n) is 14.9. The van der Waals surface area contributed by atoms with Crippen molar-refractivity contribution in [1.29, 1.82) is 0 Å². The maximum absolute atomic E-state index is 12.7. The molecule has 0 bridgehead atoms. The van der Waals surface area contributed by atoms with Crippen molar-refractivity contribution in [3.8, 4) is 0 Å². The molecule has 0 fully saturated rings. The molecule has 192 valence electrons. The molecule has 32 heavy (non-hydrogen) atoms. The van der Waals surface area contributed by atoms with Crippen LogP contribution < -0.4 is 0 Å². The first kappa shape index (κ1) is 31.5. The van der Waals surface area contributed by atoms with Gasteiger partial charge >= 0.3 is 5.97 Å². The molecule has 1 atom stereocenters. The molecule has 0 spiro atoms. The number of hydrogen-bond donors (Lipinski definition) is 0. The molecule has 0 heterocycles. The van der Waals surface area contributed by atoms with E-state index in [2.05, 4.69) is 20.8 Å². The van der Waals surface area contributed by atoms with Crippen molar-refractivity contribution in [2.75, 3.05) is 6.61 Å². The lowest BCUT2D eigenvalue weighted by molar-refractivity contribution is -0.149. The van der Waals surface area contributed by atoms with Crippen molar-refractivity contribution < 1.29 is 9.53 Å². The van der Waals surface area contributed by atoms with Crippen LogP contribution in [0.1, 0.15) is 175 Å². The first-order chi connectivity index (χ1) is 15.8. The van der Waals surface area contributed by atoms with E-state index in [-0.39, 0.29) is 11.9 Å². The van der Waals surface area contributed by atoms with Crippen LogP contribution in [0.25, 0.3) is 0 Å². The molecule has 1 unspecified atom stereocenters. The molecular weight excluding hydrogens is 392 g/mol. The molecule has 2 heteroatoms. The minimum atomic E-state index is 0.0955. The quantitative estimate of drug-likeness (QED) is 0.0963. The van der Waals surface area contributed by atoms with Gasteiger partial charge in [-0.2, -0.15) is 0 Å². The van der Waals surface area contributed by atoms with Gasteiger partial charge in [0.25, 0.3) is 0 Å². The molecule has 0 aromatic rings. The summed E-state index contributed by atoms with van der Waals surface area (Å²) in [5.41, 5.74) is 0. The molecule has 0 amide bonds. The lowest BCUT2D eigenvalue weighted by atomic mass is 9.94.